The molecule has 2 aromatic heterocycles. The van der Waals surface area contributed by atoms with Crippen molar-refractivity contribution in [2.24, 2.45) is 12.8 Å². The van der Waals surface area contributed by atoms with Crippen molar-refractivity contribution < 1.29 is 14.3 Å². The maximum absolute atomic E-state index is 14.4. The number of rotatable bonds is 7. The first kappa shape index (κ1) is 25.7. The Bertz CT molecular complexity index is 1520. The van der Waals surface area contributed by atoms with Gasteiger partial charge >= 0.3 is 0 Å². The highest BCUT2D eigenvalue weighted by molar-refractivity contribution is 5.89. The predicted molar refractivity (Wildman–Crippen MR) is 142 cm³/mol. The maximum Gasteiger partial charge on any atom is 0.281 e. The van der Waals surface area contributed by atoms with Gasteiger partial charge in [-0.05, 0) is 30.9 Å². The standard InChI is InChI=1S/C28H31FN6O3/c1-33-26(20-8-9-21(16-30)22(29)15-20)24-25(32-33)27(37)35(18-31-24)17-28(38)11-13-34(14-12-28)23(36)10-7-19-5-3-2-4-6-19/h2-6,8-9,15,18,38H,7,10-14,16-17,30H2,1H3. The lowest BCUT2D eigenvalue weighted by Gasteiger charge is -2.38. The minimum atomic E-state index is -1.14. The number of nitrogens with two attached hydrogens (primary N) is 1. The summed E-state index contributed by atoms with van der Waals surface area (Å²) in [5.41, 5.74) is 7.12. The molecule has 3 heterocycles. The molecule has 4 aromatic rings. The van der Waals surface area contributed by atoms with Crippen molar-refractivity contribution in [3.05, 3.63) is 82.2 Å². The minimum Gasteiger partial charge on any atom is -0.388 e. The van der Waals surface area contributed by atoms with E-state index in [0.717, 1.165) is 5.56 Å². The van der Waals surface area contributed by atoms with E-state index < -0.39 is 11.4 Å². The van der Waals surface area contributed by atoms with Gasteiger partial charge in [0, 0.05) is 44.2 Å². The quantitative estimate of drug-likeness (QED) is 0.388. The number of aromatic nitrogens is 4. The third kappa shape index (κ3) is 5.09. The van der Waals surface area contributed by atoms with Crippen LogP contribution in [0.5, 0.6) is 0 Å². The molecule has 0 aliphatic carbocycles. The van der Waals surface area contributed by atoms with Crippen molar-refractivity contribution in [1.29, 1.82) is 0 Å². The van der Waals surface area contributed by atoms with Crippen molar-refractivity contribution in [3.63, 3.8) is 0 Å². The van der Waals surface area contributed by atoms with Gasteiger partial charge in [-0.3, -0.25) is 18.8 Å². The Morgan fingerprint density at radius 3 is 2.55 bits per heavy atom. The Morgan fingerprint density at radius 2 is 1.87 bits per heavy atom. The van der Waals surface area contributed by atoms with E-state index in [1.165, 1.54) is 21.6 Å². The molecule has 0 saturated carbocycles. The van der Waals surface area contributed by atoms with E-state index in [4.69, 9.17) is 5.73 Å². The van der Waals surface area contributed by atoms with Gasteiger partial charge < -0.3 is 15.7 Å². The lowest BCUT2D eigenvalue weighted by atomic mass is 9.91. The van der Waals surface area contributed by atoms with Gasteiger partial charge in [-0.2, -0.15) is 5.10 Å². The molecule has 3 N–H and O–H groups in total. The number of carbonyl (C=O) groups is 1. The second kappa shape index (κ2) is 10.5. The Morgan fingerprint density at radius 1 is 1.13 bits per heavy atom. The van der Waals surface area contributed by atoms with Gasteiger partial charge in [0.25, 0.3) is 5.56 Å². The number of carbonyl (C=O) groups excluding carboxylic acids is 1. The minimum absolute atomic E-state index is 0.0482. The summed E-state index contributed by atoms with van der Waals surface area (Å²) in [6.07, 6.45) is 3.21. The van der Waals surface area contributed by atoms with Gasteiger partial charge in [0.15, 0.2) is 5.52 Å². The predicted octanol–water partition coefficient (Wildman–Crippen LogP) is 2.38. The van der Waals surface area contributed by atoms with Crippen molar-refractivity contribution in [1.82, 2.24) is 24.2 Å². The monoisotopic (exact) mass is 518 g/mol. The molecule has 0 spiro atoms. The Hall–Kier alpha value is -3.89. The van der Waals surface area contributed by atoms with Crippen LogP contribution in [0.3, 0.4) is 0 Å². The second-order valence-corrected chi connectivity index (χ2v) is 9.95. The van der Waals surface area contributed by atoms with Crippen LogP contribution in [0.1, 0.15) is 30.4 Å². The normalized spacial score (nSPS) is 15.2. The summed E-state index contributed by atoms with van der Waals surface area (Å²) in [5, 5.41) is 15.6. The molecule has 0 radical (unpaired) electrons. The van der Waals surface area contributed by atoms with Gasteiger partial charge in [-0.1, -0.05) is 42.5 Å². The summed E-state index contributed by atoms with van der Waals surface area (Å²) in [6.45, 7) is 0.982. The van der Waals surface area contributed by atoms with Crippen LogP contribution in [0.4, 0.5) is 4.39 Å². The molecule has 38 heavy (non-hydrogen) atoms. The fraction of sp³-hybridized carbons (Fsp3) is 0.357. The first-order valence-electron chi connectivity index (χ1n) is 12.7. The highest BCUT2D eigenvalue weighted by Gasteiger charge is 2.35. The third-order valence-corrected chi connectivity index (χ3v) is 7.34. The highest BCUT2D eigenvalue weighted by Crippen LogP contribution is 2.28. The van der Waals surface area contributed by atoms with Crippen LogP contribution in [0.2, 0.25) is 0 Å². The highest BCUT2D eigenvalue weighted by atomic mass is 19.1. The number of hydrogen-bond acceptors (Lipinski definition) is 6. The van der Waals surface area contributed by atoms with E-state index in [2.05, 4.69) is 10.1 Å². The van der Waals surface area contributed by atoms with E-state index in [1.54, 1.807) is 24.1 Å². The van der Waals surface area contributed by atoms with E-state index >= 15 is 0 Å². The summed E-state index contributed by atoms with van der Waals surface area (Å²) >= 11 is 0. The zero-order valence-corrected chi connectivity index (χ0v) is 21.3. The van der Waals surface area contributed by atoms with Crippen molar-refractivity contribution >= 4 is 16.9 Å². The molecule has 0 atom stereocenters. The average molecular weight is 519 g/mol. The molecule has 1 aliphatic heterocycles. The Kier molecular flexibility index (Phi) is 7.09. The Balaban J connectivity index is 1.29. The molecule has 10 heteroatoms. The fourth-order valence-electron chi connectivity index (χ4n) is 5.09. The molecule has 9 nitrogen and oxygen atoms in total. The van der Waals surface area contributed by atoms with Gasteiger partial charge in [-0.15, -0.1) is 0 Å². The Labute approximate surface area is 219 Å². The molecular formula is C28H31FN6O3. The third-order valence-electron chi connectivity index (χ3n) is 7.34. The zero-order valence-electron chi connectivity index (χ0n) is 21.3. The first-order chi connectivity index (χ1) is 18.3. The lowest BCUT2D eigenvalue weighted by Crippen LogP contribution is -2.49. The number of hydrogen-bond donors (Lipinski definition) is 2. The number of fused-ring (bicyclic) bond motifs is 1. The topological polar surface area (TPSA) is 119 Å². The number of aryl methyl sites for hydroxylation is 2. The van der Waals surface area contributed by atoms with E-state index in [1.807, 2.05) is 30.3 Å². The van der Waals surface area contributed by atoms with E-state index in [-0.39, 0.29) is 30.1 Å². The molecule has 198 valence electrons. The molecule has 1 fully saturated rings. The van der Waals surface area contributed by atoms with E-state index in [0.29, 0.717) is 61.1 Å². The molecule has 2 aromatic carbocycles. The van der Waals surface area contributed by atoms with Gasteiger partial charge in [0.1, 0.15) is 11.3 Å². The number of piperidine rings is 1. The molecule has 1 saturated heterocycles. The fourth-order valence-corrected chi connectivity index (χ4v) is 5.09. The smallest absolute Gasteiger partial charge is 0.281 e. The number of halogens is 1. The van der Waals surface area contributed by atoms with Crippen LogP contribution in [0, 0.1) is 5.82 Å². The van der Waals surface area contributed by atoms with Crippen LogP contribution < -0.4 is 11.3 Å². The summed E-state index contributed by atoms with van der Waals surface area (Å²) in [7, 11) is 1.67. The van der Waals surface area contributed by atoms with Crippen LogP contribution in [0.25, 0.3) is 22.3 Å². The summed E-state index contributed by atoms with van der Waals surface area (Å²) in [6, 6.07) is 14.6. The average Bonchev–Trinajstić information content (AvgIpc) is 3.26. The van der Waals surface area contributed by atoms with Gasteiger partial charge in [-0.25, -0.2) is 9.37 Å². The molecule has 0 bridgehead atoms. The maximum atomic E-state index is 14.4. The summed E-state index contributed by atoms with van der Waals surface area (Å²) < 4.78 is 17.2. The van der Waals surface area contributed by atoms with Gasteiger partial charge in [0.2, 0.25) is 5.91 Å². The van der Waals surface area contributed by atoms with E-state index in [9.17, 15) is 19.1 Å². The van der Waals surface area contributed by atoms with Gasteiger partial charge in [0.05, 0.1) is 24.2 Å². The largest absolute Gasteiger partial charge is 0.388 e. The summed E-state index contributed by atoms with van der Waals surface area (Å²) in [4.78, 5) is 32.2. The number of aliphatic hydroxyl groups is 1. The van der Waals surface area contributed by atoms with Crippen molar-refractivity contribution in [2.45, 2.75) is 44.4 Å². The van der Waals surface area contributed by atoms with Crippen LogP contribution in [0.15, 0.2) is 59.7 Å². The number of nitrogens with zero attached hydrogens (tertiary/aromatic N) is 5. The van der Waals surface area contributed by atoms with Crippen molar-refractivity contribution in [3.8, 4) is 11.3 Å². The number of amides is 1. The van der Waals surface area contributed by atoms with Crippen molar-refractivity contribution in [2.75, 3.05) is 13.1 Å². The molecular weight excluding hydrogens is 487 g/mol. The number of likely N-dealkylation sites (tertiary alicyclic amines) is 1. The van der Waals surface area contributed by atoms with Crippen LogP contribution in [-0.4, -0.2) is 53.9 Å². The summed E-state index contributed by atoms with van der Waals surface area (Å²) in [5.74, 6) is -0.368. The second-order valence-electron chi connectivity index (χ2n) is 9.95. The molecule has 5 rings (SSSR count). The molecule has 1 amide bonds. The molecule has 0 unspecified atom stereocenters. The zero-order chi connectivity index (χ0) is 26.9. The SMILES string of the molecule is Cn1nc2c(=O)n(CC3(O)CCN(C(=O)CCc4ccccc4)CC3)cnc2c1-c1ccc(CN)c(F)c1. The lowest BCUT2D eigenvalue weighted by molar-refractivity contribution is -0.135. The van der Waals surface area contributed by atoms with Crippen LogP contribution >= 0.6 is 0 Å². The molecule has 1 aliphatic rings. The van der Waals surface area contributed by atoms with Crippen LogP contribution in [-0.2, 0) is 31.4 Å². The number of benzene rings is 2. The first-order valence-corrected chi connectivity index (χ1v) is 12.7.